The Bertz CT molecular complexity index is 78.1. The van der Waals surface area contributed by atoms with Crippen molar-refractivity contribution in [2.45, 2.75) is 0 Å². The molecule has 0 spiro atoms. The molecule has 32 valence electrons. The summed E-state index contributed by atoms with van der Waals surface area (Å²) < 4.78 is 4.00. The maximum Gasteiger partial charge on any atom is 3.00 e. The Kier molecular flexibility index (Phi) is 36.9. The molecule has 0 radical (unpaired) electrons. The van der Waals surface area contributed by atoms with E-state index in [1.54, 1.807) is 0 Å². The summed E-state index contributed by atoms with van der Waals surface area (Å²) in [6, 6.07) is 0. The van der Waals surface area contributed by atoms with E-state index in [1.807, 2.05) is 0 Å². The predicted octanol–water partition coefficient (Wildman–Crippen LogP) is -0.892. The van der Waals surface area contributed by atoms with Crippen LogP contribution in [0.4, 0.5) is 0 Å². The topological polar surface area (TPSA) is 87.3 Å². The van der Waals surface area contributed by atoms with Crippen molar-refractivity contribution in [2.24, 2.45) is 0 Å². The molecule has 0 saturated carbocycles. The van der Waals surface area contributed by atoms with E-state index in [2.05, 4.69) is 4.12 Å². The van der Waals surface area contributed by atoms with Crippen molar-refractivity contribution < 1.29 is 4.12 Å². The smallest absolute Gasteiger partial charge is 3.00 e. The Labute approximate surface area is 56.7 Å². The maximum atomic E-state index is 7.72. The minimum Gasteiger partial charge on any atom is -3.00 e. The monoisotopic (exact) mass is 141 g/mol. The Balaban J connectivity index is -0.0000000800. The zero-order valence-corrected chi connectivity index (χ0v) is 6.48. The van der Waals surface area contributed by atoms with Crippen LogP contribution in [0, 0.1) is 9.77 Å². The summed E-state index contributed by atoms with van der Waals surface area (Å²) in [7, 11) is -1.16. The zero-order valence-electron chi connectivity index (χ0n) is 3.33. The molecule has 0 aliphatic carbocycles. The summed E-state index contributed by atoms with van der Waals surface area (Å²) >= 11 is 0. The van der Waals surface area contributed by atoms with Gasteiger partial charge in [0.1, 0.15) is 0 Å². The molecule has 0 heterocycles. The van der Waals surface area contributed by atoms with E-state index in [4.69, 9.17) is 9.77 Å². The third kappa shape index (κ3) is 22.9. The van der Waals surface area contributed by atoms with Crippen LogP contribution in [0.25, 0.3) is 6.15 Å². The van der Waals surface area contributed by atoms with Crippen LogP contribution in [0.5, 0.6) is 0 Å². The molecule has 0 fully saturated rings. The van der Waals surface area contributed by atoms with Gasteiger partial charge in [0.2, 0.25) is 0 Å². The van der Waals surface area contributed by atoms with E-state index >= 15 is 0 Å². The van der Waals surface area contributed by atoms with Gasteiger partial charge >= 0.3 is 36.2 Å². The molecule has 0 aromatic carbocycles. The van der Waals surface area contributed by atoms with Crippen molar-refractivity contribution in [2.75, 3.05) is 0 Å². The van der Waals surface area contributed by atoms with E-state index in [0.29, 0.717) is 0 Å². The molecule has 0 aliphatic rings. The zero-order chi connectivity index (χ0) is 4.12. The molecule has 0 atom stereocenters. The van der Waals surface area contributed by atoms with Crippen molar-refractivity contribution >= 4 is 36.2 Å². The molecule has 0 N–H and O–H groups in total. The number of hydrogen-bond donors (Lipinski definition) is 0. The van der Waals surface area contributed by atoms with Gasteiger partial charge in [0.05, 0.1) is 0 Å². The van der Waals surface area contributed by atoms with Gasteiger partial charge in [-0.3, -0.25) is 0 Å². The van der Waals surface area contributed by atoms with E-state index in [1.165, 1.54) is 0 Å². The minimum atomic E-state index is -0.580. The van der Waals surface area contributed by atoms with Crippen LogP contribution in [0.1, 0.15) is 0 Å². The van der Waals surface area contributed by atoms with E-state index in [9.17, 15) is 0 Å². The summed E-state index contributed by atoms with van der Waals surface area (Å²) in [6.45, 7) is 0. The number of hydrogen-bond acceptors (Lipinski definition) is 3. The first-order valence-electron chi connectivity index (χ1n) is 0.855. The van der Waals surface area contributed by atoms with Gasteiger partial charge in [-0.2, -0.15) is 0 Å². The Morgan fingerprint density at radius 2 is 1.43 bits per heavy atom. The maximum absolute atomic E-state index is 7.72. The largest absolute Gasteiger partial charge is 3.00 e. The molecule has 0 saturated heterocycles. The third-order valence-corrected chi connectivity index (χ3v) is 0.822. The molecule has 4 nitrogen and oxygen atoms in total. The normalized spacial score (nSPS) is 2.57. The average Bonchev–Trinajstić information content (AvgIpc) is 1.41. The number of rotatable bonds is 0. The molecule has 0 aromatic rings. The molecule has 0 aliphatic heterocycles. The molecule has 7 heavy (non-hydrogen) atoms. The molecule has 0 rings (SSSR count). The summed E-state index contributed by atoms with van der Waals surface area (Å²) in [5.74, 6) is 0. The van der Waals surface area contributed by atoms with Crippen molar-refractivity contribution in [3.05, 3.63) is 6.15 Å². The fourth-order valence-electron chi connectivity index (χ4n) is 0.0204. The quantitative estimate of drug-likeness (QED) is 0.410. The van der Waals surface area contributed by atoms with Gasteiger partial charge in [0.25, 0.3) is 0 Å². The van der Waals surface area contributed by atoms with E-state index in [0.717, 1.165) is 0 Å². The van der Waals surface area contributed by atoms with Crippen molar-refractivity contribution in [3.8, 4) is 0 Å². The van der Waals surface area contributed by atoms with E-state index < -0.39 is 18.8 Å². The Morgan fingerprint density at radius 1 is 1.14 bits per heavy atom. The summed E-state index contributed by atoms with van der Waals surface area (Å²) in [5.41, 5.74) is 0. The standard InChI is InChI=1S/Al.N2OSi2.N/c;1-4-3-5-2;/q+3;;-3. The summed E-state index contributed by atoms with van der Waals surface area (Å²) in [6.07, 6.45) is 0. The molecule has 7 heteroatoms. The second kappa shape index (κ2) is 16.4. The van der Waals surface area contributed by atoms with Crippen molar-refractivity contribution in [1.82, 2.24) is 0 Å². The van der Waals surface area contributed by atoms with E-state index in [-0.39, 0.29) is 23.5 Å². The first-order valence-corrected chi connectivity index (χ1v) is 2.57. The van der Waals surface area contributed by atoms with Gasteiger partial charge in [-0.05, 0) is 0 Å². The van der Waals surface area contributed by atoms with Crippen molar-refractivity contribution in [1.29, 1.82) is 9.77 Å². The molecular formula is AlN3OSi2. The van der Waals surface area contributed by atoms with Crippen LogP contribution < -0.4 is 0 Å². The Morgan fingerprint density at radius 3 is 1.43 bits per heavy atom. The number of nitrogens with zero attached hydrogens (tertiary/aromatic N) is 3. The van der Waals surface area contributed by atoms with Gasteiger partial charge in [0.15, 0.2) is 0 Å². The first kappa shape index (κ1) is 15.7. The molecule has 0 bridgehead atoms. The molecule has 0 unspecified atom stereocenters. The van der Waals surface area contributed by atoms with Crippen LogP contribution in [-0.4, -0.2) is 36.2 Å². The second-order valence-electron chi connectivity index (χ2n) is 0.285. The van der Waals surface area contributed by atoms with Crippen LogP contribution in [0.3, 0.4) is 0 Å². The van der Waals surface area contributed by atoms with Crippen LogP contribution in [0.2, 0.25) is 0 Å². The second-order valence-corrected chi connectivity index (χ2v) is 1.47. The molecular weight excluding hydrogens is 141 g/mol. The van der Waals surface area contributed by atoms with Gasteiger partial charge < -0.3 is 10.3 Å². The van der Waals surface area contributed by atoms with Gasteiger partial charge in [0, 0.05) is 0 Å². The minimum absolute atomic E-state index is 0. The molecule has 0 amide bonds. The predicted molar refractivity (Wildman–Crippen MR) is 25.2 cm³/mol. The fraction of sp³-hybridized carbons (Fsp3) is 0. The van der Waals surface area contributed by atoms with Crippen LogP contribution in [-0.2, 0) is 4.12 Å². The Hall–Kier alpha value is 0.146. The van der Waals surface area contributed by atoms with Crippen LogP contribution >= 0.6 is 0 Å². The van der Waals surface area contributed by atoms with Crippen LogP contribution in [0.15, 0.2) is 0 Å². The SMILES string of the molecule is N#[Si]O[Si]#N.[Al+3].[N-3]. The molecule has 0 aromatic heterocycles. The fourth-order valence-corrected chi connectivity index (χ4v) is 0.184. The average molecular weight is 141 g/mol. The van der Waals surface area contributed by atoms with Gasteiger partial charge in [-0.15, -0.1) is 0 Å². The first-order chi connectivity index (χ1) is 2.41. The van der Waals surface area contributed by atoms with Gasteiger partial charge in [-0.1, -0.05) is 0 Å². The van der Waals surface area contributed by atoms with Gasteiger partial charge in [-0.25, -0.2) is 9.77 Å². The third-order valence-electron chi connectivity index (χ3n) is 0.0913. The summed E-state index contributed by atoms with van der Waals surface area (Å²) in [5, 5.41) is 0. The summed E-state index contributed by atoms with van der Waals surface area (Å²) in [4.78, 5) is 15.4. The van der Waals surface area contributed by atoms with Crippen molar-refractivity contribution in [3.63, 3.8) is 0 Å².